The Bertz CT molecular complexity index is 466. The maximum atomic E-state index is 12.3. The minimum Gasteiger partial charge on any atom is -0.339 e. The zero-order valence-electron chi connectivity index (χ0n) is 10.2. The number of rotatable bonds is 2. The highest BCUT2D eigenvalue weighted by molar-refractivity contribution is 6.33. The predicted octanol–water partition coefficient (Wildman–Crippen LogP) is 2.32. The van der Waals surface area contributed by atoms with Gasteiger partial charge in [-0.15, -0.1) is 0 Å². The Balaban J connectivity index is 2.09. The van der Waals surface area contributed by atoms with Crippen molar-refractivity contribution in [2.24, 2.45) is 0 Å². The number of pyridine rings is 1. The van der Waals surface area contributed by atoms with Crippen molar-refractivity contribution in [3.63, 3.8) is 0 Å². The molecule has 1 aromatic rings. The topological polar surface area (TPSA) is 50.3 Å². The summed E-state index contributed by atoms with van der Waals surface area (Å²) < 4.78 is 0. The first-order valence-corrected chi connectivity index (χ1v) is 6.35. The van der Waals surface area contributed by atoms with Crippen molar-refractivity contribution in [2.45, 2.75) is 31.7 Å². The number of Topliss-reactive ketones (excluding diaryl/α,β-unsaturated/α-hetero) is 1. The lowest BCUT2D eigenvalue weighted by Crippen LogP contribution is -2.39. The molecule has 1 aliphatic rings. The third kappa shape index (κ3) is 2.70. The summed E-state index contributed by atoms with van der Waals surface area (Å²) in [5, 5.41) is 0.362. The first-order valence-electron chi connectivity index (χ1n) is 5.98. The van der Waals surface area contributed by atoms with Gasteiger partial charge in [-0.1, -0.05) is 11.6 Å². The molecule has 1 aromatic heterocycles. The zero-order valence-corrected chi connectivity index (χ0v) is 11.0. The maximum Gasteiger partial charge on any atom is 0.255 e. The molecule has 1 heterocycles. The quantitative estimate of drug-likeness (QED) is 0.825. The molecule has 5 heteroatoms. The number of nitrogens with zero attached hydrogens (tertiary/aromatic N) is 2. The van der Waals surface area contributed by atoms with Crippen molar-refractivity contribution in [1.82, 2.24) is 9.88 Å². The van der Waals surface area contributed by atoms with Gasteiger partial charge < -0.3 is 4.90 Å². The smallest absolute Gasteiger partial charge is 0.255 e. The zero-order chi connectivity index (χ0) is 13.1. The van der Waals surface area contributed by atoms with E-state index in [4.69, 9.17) is 11.6 Å². The summed E-state index contributed by atoms with van der Waals surface area (Å²) in [7, 11) is 1.76. The number of hydrogen-bond acceptors (Lipinski definition) is 3. The van der Waals surface area contributed by atoms with Gasteiger partial charge in [0.25, 0.3) is 5.91 Å². The summed E-state index contributed by atoms with van der Waals surface area (Å²) in [6.07, 6.45) is 5.62. The van der Waals surface area contributed by atoms with Crippen LogP contribution in [0.5, 0.6) is 0 Å². The van der Waals surface area contributed by atoms with Gasteiger partial charge in [0.15, 0.2) is 0 Å². The molecule has 0 aliphatic heterocycles. The Kier molecular flexibility index (Phi) is 3.97. The molecule has 1 saturated carbocycles. The number of hydrogen-bond donors (Lipinski definition) is 0. The predicted molar refractivity (Wildman–Crippen MR) is 68.6 cm³/mol. The van der Waals surface area contributed by atoms with Crippen LogP contribution < -0.4 is 0 Å². The van der Waals surface area contributed by atoms with E-state index in [1.807, 2.05) is 0 Å². The SMILES string of the molecule is CN(C(=O)c1ccncc1Cl)C1CCC(=O)CC1. The van der Waals surface area contributed by atoms with Crippen LogP contribution in [0.4, 0.5) is 0 Å². The van der Waals surface area contributed by atoms with Gasteiger partial charge in [-0.2, -0.15) is 0 Å². The van der Waals surface area contributed by atoms with E-state index in [1.165, 1.54) is 6.20 Å². The molecule has 1 aliphatic carbocycles. The van der Waals surface area contributed by atoms with Crippen LogP contribution in [-0.4, -0.2) is 34.7 Å². The van der Waals surface area contributed by atoms with Gasteiger partial charge in [0.2, 0.25) is 0 Å². The van der Waals surface area contributed by atoms with E-state index in [0.717, 1.165) is 12.8 Å². The van der Waals surface area contributed by atoms with Gasteiger partial charge >= 0.3 is 0 Å². The summed E-state index contributed by atoms with van der Waals surface area (Å²) >= 11 is 5.96. The van der Waals surface area contributed by atoms with Crippen LogP contribution in [-0.2, 0) is 4.79 Å². The first-order chi connectivity index (χ1) is 8.59. The molecule has 0 N–H and O–H groups in total. The largest absolute Gasteiger partial charge is 0.339 e. The van der Waals surface area contributed by atoms with E-state index >= 15 is 0 Å². The van der Waals surface area contributed by atoms with E-state index in [9.17, 15) is 9.59 Å². The fraction of sp³-hybridized carbons (Fsp3) is 0.462. The number of amides is 1. The van der Waals surface area contributed by atoms with Gasteiger partial charge in [-0.3, -0.25) is 14.6 Å². The lowest BCUT2D eigenvalue weighted by atomic mass is 9.93. The fourth-order valence-electron chi connectivity index (χ4n) is 2.22. The van der Waals surface area contributed by atoms with Gasteiger partial charge in [-0.05, 0) is 18.9 Å². The lowest BCUT2D eigenvalue weighted by molar-refractivity contribution is -0.121. The van der Waals surface area contributed by atoms with Crippen LogP contribution >= 0.6 is 11.6 Å². The summed E-state index contributed by atoms with van der Waals surface area (Å²) in [5.41, 5.74) is 0.464. The molecule has 4 nitrogen and oxygen atoms in total. The first kappa shape index (κ1) is 13.0. The van der Waals surface area contributed by atoms with Crippen LogP contribution in [0.25, 0.3) is 0 Å². The monoisotopic (exact) mass is 266 g/mol. The number of carbonyl (C=O) groups excluding carboxylic acids is 2. The number of carbonyl (C=O) groups is 2. The Morgan fingerprint density at radius 2 is 2.11 bits per heavy atom. The Hall–Kier alpha value is -1.42. The van der Waals surface area contributed by atoms with Crippen molar-refractivity contribution in [2.75, 3.05) is 7.05 Å². The van der Waals surface area contributed by atoms with Gasteiger partial charge in [0.1, 0.15) is 5.78 Å². The molecule has 96 valence electrons. The second-order valence-electron chi connectivity index (χ2n) is 4.54. The molecule has 1 fully saturated rings. The molecule has 0 saturated heterocycles. The Labute approximate surface area is 111 Å². The van der Waals surface area contributed by atoms with E-state index in [0.29, 0.717) is 23.4 Å². The van der Waals surface area contributed by atoms with Crippen molar-refractivity contribution >= 4 is 23.3 Å². The van der Waals surface area contributed by atoms with Crippen molar-refractivity contribution in [1.29, 1.82) is 0 Å². The van der Waals surface area contributed by atoms with Gasteiger partial charge in [-0.25, -0.2) is 0 Å². The third-order valence-corrected chi connectivity index (χ3v) is 3.68. The third-order valence-electron chi connectivity index (χ3n) is 3.38. The summed E-state index contributed by atoms with van der Waals surface area (Å²) in [4.78, 5) is 29.0. The molecule has 1 amide bonds. The highest BCUT2D eigenvalue weighted by atomic mass is 35.5. The average molecular weight is 267 g/mol. The lowest BCUT2D eigenvalue weighted by Gasteiger charge is -2.30. The van der Waals surface area contributed by atoms with Crippen LogP contribution in [0.15, 0.2) is 18.5 Å². The standard InChI is InChI=1S/C13H15ClN2O2/c1-16(9-2-4-10(17)5-3-9)13(18)11-6-7-15-8-12(11)14/h6-9H,2-5H2,1H3. The summed E-state index contributed by atoms with van der Waals surface area (Å²) in [5.74, 6) is 0.177. The molecule has 0 aromatic carbocycles. The number of aromatic nitrogens is 1. The molecule has 0 spiro atoms. The highest BCUT2D eigenvalue weighted by Crippen LogP contribution is 2.23. The Morgan fingerprint density at radius 1 is 1.44 bits per heavy atom. The molecule has 0 radical (unpaired) electrons. The van der Waals surface area contributed by atoms with Crippen LogP contribution in [0.1, 0.15) is 36.0 Å². The molecule has 0 atom stereocenters. The minimum atomic E-state index is -0.109. The van der Waals surface area contributed by atoms with Crippen LogP contribution in [0.3, 0.4) is 0 Å². The second kappa shape index (κ2) is 5.48. The molecule has 0 unspecified atom stereocenters. The molecular weight excluding hydrogens is 252 g/mol. The minimum absolute atomic E-state index is 0.109. The highest BCUT2D eigenvalue weighted by Gasteiger charge is 2.26. The molecular formula is C13H15ClN2O2. The Morgan fingerprint density at radius 3 is 2.72 bits per heavy atom. The van der Waals surface area contributed by atoms with Gasteiger partial charge in [0, 0.05) is 38.3 Å². The summed E-state index contributed by atoms with van der Waals surface area (Å²) in [6, 6.07) is 1.74. The van der Waals surface area contributed by atoms with Gasteiger partial charge in [0.05, 0.1) is 10.6 Å². The van der Waals surface area contributed by atoms with Crippen LogP contribution in [0, 0.1) is 0 Å². The van der Waals surface area contributed by atoms with E-state index in [2.05, 4.69) is 4.98 Å². The summed E-state index contributed by atoms with van der Waals surface area (Å²) in [6.45, 7) is 0. The van der Waals surface area contributed by atoms with E-state index < -0.39 is 0 Å². The van der Waals surface area contributed by atoms with E-state index in [-0.39, 0.29) is 17.7 Å². The van der Waals surface area contributed by atoms with Crippen molar-refractivity contribution < 1.29 is 9.59 Å². The van der Waals surface area contributed by atoms with E-state index in [1.54, 1.807) is 24.2 Å². The maximum absolute atomic E-state index is 12.3. The average Bonchev–Trinajstić information content (AvgIpc) is 2.38. The van der Waals surface area contributed by atoms with Crippen molar-refractivity contribution in [3.05, 3.63) is 29.0 Å². The van der Waals surface area contributed by atoms with Crippen molar-refractivity contribution in [3.8, 4) is 0 Å². The number of ketones is 1. The fourth-order valence-corrected chi connectivity index (χ4v) is 2.42. The normalized spacial score (nSPS) is 16.7. The second-order valence-corrected chi connectivity index (χ2v) is 4.95. The molecule has 18 heavy (non-hydrogen) atoms. The van der Waals surface area contributed by atoms with Crippen LogP contribution in [0.2, 0.25) is 5.02 Å². The molecule has 0 bridgehead atoms. The molecule has 2 rings (SSSR count). The number of halogens is 1.